The molecule has 0 saturated carbocycles. The topological polar surface area (TPSA) is 17.1 Å². The van der Waals surface area contributed by atoms with Crippen molar-refractivity contribution in [3.63, 3.8) is 0 Å². The Morgan fingerprint density at radius 1 is 1.42 bits per heavy atom. The quantitative estimate of drug-likeness (QED) is 0.488. The van der Waals surface area contributed by atoms with Crippen LogP contribution in [0.5, 0.6) is 0 Å². The van der Waals surface area contributed by atoms with E-state index in [4.69, 9.17) is 11.6 Å². The van der Waals surface area contributed by atoms with E-state index in [-0.39, 0.29) is 10.7 Å². The van der Waals surface area contributed by atoms with Gasteiger partial charge in [0.25, 0.3) is 0 Å². The first-order chi connectivity index (χ1) is 5.21. The molecule has 0 bridgehead atoms. The molecular formula is C10H17ClO. The molecule has 0 N–H and O–H groups in total. The zero-order valence-electron chi connectivity index (χ0n) is 8.28. The minimum Gasteiger partial charge on any atom is -0.281 e. The van der Waals surface area contributed by atoms with Crippen molar-refractivity contribution >= 4 is 16.8 Å². The molecule has 0 aliphatic rings. The number of hydrogen-bond acceptors (Lipinski definition) is 1. The van der Waals surface area contributed by atoms with Crippen molar-refractivity contribution in [2.45, 2.75) is 34.1 Å². The predicted molar refractivity (Wildman–Crippen MR) is 53.2 cm³/mol. The van der Waals surface area contributed by atoms with Gasteiger partial charge in [-0.3, -0.25) is 4.79 Å². The van der Waals surface area contributed by atoms with Crippen molar-refractivity contribution < 1.29 is 4.79 Å². The summed E-state index contributed by atoms with van der Waals surface area (Å²) in [6.45, 7) is 11.5. The van der Waals surface area contributed by atoms with E-state index in [1.165, 1.54) is 0 Å². The zero-order chi connectivity index (χ0) is 9.99. The molecule has 0 rings (SSSR count). The molecule has 2 heteroatoms. The molecule has 0 spiro atoms. The lowest BCUT2D eigenvalue weighted by Crippen LogP contribution is -2.26. The van der Waals surface area contributed by atoms with E-state index in [1.807, 2.05) is 33.8 Å². The summed E-state index contributed by atoms with van der Waals surface area (Å²) in [7, 11) is 0. The Labute approximate surface area is 79.8 Å². The van der Waals surface area contributed by atoms with Crippen LogP contribution in [0.1, 0.15) is 34.1 Å². The van der Waals surface area contributed by atoms with Crippen molar-refractivity contribution in [3.05, 3.63) is 12.7 Å². The van der Waals surface area contributed by atoms with Gasteiger partial charge in [0.05, 0.1) is 0 Å². The summed E-state index contributed by atoms with van der Waals surface area (Å²) < 4.78 is 0. The fourth-order valence-electron chi connectivity index (χ4n) is 1.28. The first-order valence-corrected chi connectivity index (χ1v) is 4.43. The van der Waals surface area contributed by atoms with Crippen LogP contribution in [0.2, 0.25) is 0 Å². The zero-order valence-corrected chi connectivity index (χ0v) is 9.03. The second-order valence-electron chi connectivity index (χ2n) is 4.53. The molecule has 0 heterocycles. The standard InChI is InChI=1S/C10H17ClO/c1-6-9(2,3)7-10(4,5)8(11)12/h6H,1,7H2,2-5H3. The monoisotopic (exact) mass is 188 g/mol. The van der Waals surface area contributed by atoms with E-state index in [1.54, 1.807) is 0 Å². The van der Waals surface area contributed by atoms with Gasteiger partial charge in [0.2, 0.25) is 5.24 Å². The molecule has 1 nitrogen and oxygen atoms in total. The number of carbonyl (C=O) groups excluding carboxylic acids is 1. The third-order valence-corrected chi connectivity index (χ3v) is 2.49. The third kappa shape index (κ3) is 3.40. The first kappa shape index (κ1) is 11.7. The van der Waals surface area contributed by atoms with Gasteiger partial charge < -0.3 is 0 Å². The van der Waals surface area contributed by atoms with Gasteiger partial charge in [-0.15, -0.1) is 6.58 Å². The summed E-state index contributed by atoms with van der Waals surface area (Å²) in [6, 6.07) is 0. The third-order valence-electron chi connectivity index (χ3n) is 1.98. The van der Waals surface area contributed by atoms with Gasteiger partial charge in [0.15, 0.2) is 0 Å². The van der Waals surface area contributed by atoms with Crippen molar-refractivity contribution in [2.75, 3.05) is 0 Å². The molecule has 0 aromatic carbocycles. The van der Waals surface area contributed by atoms with Crippen LogP contribution in [0.4, 0.5) is 0 Å². The number of carbonyl (C=O) groups is 1. The van der Waals surface area contributed by atoms with Crippen LogP contribution < -0.4 is 0 Å². The molecule has 0 aliphatic carbocycles. The summed E-state index contributed by atoms with van der Waals surface area (Å²) in [4.78, 5) is 11.0. The largest absolute Gasteiger partial charge is 0.281 e. The number of halogens is 1. The smallest absolute Gasteiger partial charge is 0.227 e. The normalized spacial score (nSPS) is 12.8. The van der Waals surface area contributed by atoms with Crippen molar-refractivity contribution in [3.8, 4) is 0 Å². The Bertz CT molecular complexity index is 192. The van der Waals surface area contributed by atoms with Crippen molar-refractivity contribution in [1.82, 2.24) is 0 Å². The molecule has 0 aromatic heterocycles. The summed E-state index contributed by atoms with van der Waals surface area (Å²) in [5.74, 6) is 0. The average Bonchev–Trinajstić information content (AvgIpc) is 1.85. The molecule has 0 aromatic rings. The number of allylic oxidation sites excluding steroid dienone is 1. The molecule has 0 aliphatic heterocycles. The van der Waals surface area contributed by atoms with Crippen LogP contribution in [0.15, 0.2) is 12.7 Å². The van der Waals surface area contributed by atoms with Gasteiger partial charge in [0.1, 0.15) is 0 Å². The van der Waals surface area contributed by atoms with E-state index in [2.05, 4.69) is 6.58 Å². The van der Waals surface area contributed by atoms with E-state index in [0.29, 0.717) is 0 Å². The van der Waals surface area contributed by atoms with Crippen LogP contribution in [-0.4, -0.2) is 5.24 Å². The highest BCUT2D eigenvalue weighted by Crippen LogP contribution is 2.35. The molecule has 12 heavy (non-hydrogen) atoms. The van der Waals surface area contributed by atoms with Crippen LogP contribution in [0.25, 0.3) is 0 Å². The molecule has 0 radical (unpaired) electrons. The highest BCUT2D eigenvalue weighted by Gasteiger charge is 2.31. The minimum absolute atomic E-state index is 0.0337. The van der Waals surface area contributed by atoms with Gasteiger partial charge in [-0.25, -0.2) is 0 Å². The fraction of sp³-hybridized carbons (Fsp3) is 0.700. The maximum atomic E-state index is 11.0. The summed E-state index contributed by atoms with van der Waals surface area (Å²) in [5.41, 5.74) is -0.493. The Morgan fingerprint density at radius 2 is 1.83 bits per heavy atom. The summed E-state index contributed by atoms with van der Waals surface area (Å²) in [5, 5.41) is -0.280. The molecule has 70 valence electrons. The Kier molecular flexibility index (Phi) is 3.52. The Morgan fingerprint density at radius 3 is 2.08 bits per heavy atom. The lowest BCUT2D eigenvalue weighted by atomic mass is 9.76. The molecule has 0 fully saturated rings. The van der Waals surface area contributed by atoms with Crippen LogP contribution in [0, 0.1) is 10.8 Å². The predicted octanol–water partition coefficient (Wildman–Crippen LogP) is 3.38. The van der Waals surface area contributed by atoms with E-state index in [9.17, 15) is 4.79 Å². The second kappa shape index (κ2) is 3.61. The number of rotatable bonds is 4. The van der Waals surface area contributed by atoms with Crippen LogP contribution >= 0.6 is 11.6 Å². The Balaban J connectivity index is 4.44. The highest BCUT2D eigenvalue weighted by molar-refractivity contribution is 6.64. The molecule has 0 unspecified atom stereocenters. The minimum atomic E-state index is -0.459. The van der Waals surface area contributed by atoms with Crippen LogP contribution in [0.3, 0.4) is 0 Å². The van der Waals surface area contributed by atoms with Crippen LogP contribution in [-0.2, 0) is 4.79 Å². The van der Waals surface area contributed by atoms with Gasteiger partial charge in [-0.1, -0.05) is 33.8 Å². The lowest BCUT2D eigenvalue weighted by Gasteiger charge is -2.29. The summed E-state index contributed by atoms with van der Waals surface area (Å²) in [6.07, 6.45) is 2.58. The van der Waals surface area contributed by atoms with E-state index < -0.39 is 5.41 Å². The maximum absolute atomic E-state index is 11.0. The number of hydrogen-bond donors (Lipinski definition) is 0. The van der Waals surface area contributed by atoms with Gasteiger partial charge in [-0.05, 0) is 23.4 Å². The van der Waals surface area contributed by atoms with E-state index in [0.717, 1.165) is 6.42 Å². The molecule has 0 amide bonds. The fourth-order valence-corrected chi connectivity index (χ4v) is 1.35. The van der Waals surface area contributed by atoms with Gasteiger partial charge in [0, 0.05) is 5.41 Å². The second-order valence-corrected chi connectivity index (χ2v) is 4.87. The maximum Gasteiger partial charge on any atom is 0.227 e. The SMILES string of the molecule is C=CC(C)(C)CC(C)(C)C(=O)Cl. The van der Waals surface area contributed by atoms with Gasteiger partial charge >= 0.3 is 0 Å². The van der Waals surface area contributed by atoms with Gasteiger partial charge in [-0.2, -0.15) is 0 Å². The molecular weight excluding hydrogens is 172 g/mol. The van der Waals surface area contributed by atoms with Crippen molar-refractivity contribution in [1.29, 1.82) is 0 Å². The summed E-state index contributed by atoms with van der Waals surface area (Å²) >= 11 is 5.46. The lowest BCUT2D eigenvalue weighted by molar-refractivity contribution is -0.120. The average molecular weight is 189 g/mol. The molecule has 0 atom stereocenters. The van der Waals surface area contributed by atoms with Crippen molar-refractivity contribution in [2.24, 2.45) is 10.8 Å². The molecule has 0 saturated heterocycles. The van der Waals surface area contributed by atoms with E-state index >= 15 is 0 Å². The Hall–Kier alpha value is -0.300. The highest BCUT2D eigenvalue weighted by atomic mass is 35.5. The first-order valence-electron chi connectivity index (χ1n) is 4.05.